The summed E-state index contributed by atoms with van der Waals surface area (Å²) in [5.41, 5.74) is 4.19. The Bertz CT molecular complexity index is 715. The number of hydrogen-bond acceptors (Lipinski definition) is 5. The molecule has 2 aromatic rings. The Hall–Kier alpha value is -2.60. The van der Waals surface area contributed by atoms with Gasteiger partial charge in [-0.2, -0.15) is 5.10 Å². The highest BCUT2D eigenvalue weighted by atomic mass is 35.5. The molecule has 0 aliphatic carbocycles. The molecule has 0 unspecified atom stereocenters. The van der Waals surface area contributed by atoms with Gasteiger partial charge in [-0.05, 0) is 36.8 Å². The van der Waals surface area contributed by atoms with Crippen LogP contribution in [-0.4, -0.2) is 29.3 Å². The largest absolute Gasteiger partial charge is 0.503 e. The molecule has 0 aliphatic heterocycles. The number of aromatic hydroxyl groups is 1. The average molecular weight is 320 g/mol. The molecule has 0 saturated carbocycles. The number of phenols is 1. The van der Waals surface area contributed by atoms with Gasteiger partial charge in [0.25, 0.3) is 5.91 Å². The minimum Gasteiger partial charge on any atom is -0.503 e. The molecule has 0 fully saturated rings. The third-order valence-corrected chi connectivity index (χ3v) is 3.11. The van der Waals surface area contributed by atoms with Crippen molar-refractivity contribution in [1.29, 1.82) is 0 Å². The highest BCUT2D eigenvalue weighted by Crippen LogP contribution is 2.34. The van der Waals surface area contributed by atoms with E-state index >= 15 is 0 Å². The molecule has 2 rings (SSSR count). The van der Waals surface area contributed by atoms with Crippen LogP contribution in [-0.2, 0) is 0 Å². The number of aromatic nitrogens is 1. The number of aryl methyl sites for hydroxylation is 1. The summed E-state index contributed by atoms with van der Waals surface area (Å²) >= 11 is 5.86. The molecule has 0 bridgehead atoms. The van der Waals surface area contributed by atoms with Crippen LogP contribution in [0.3, 0.4) is 0 Å². The lowest BCUT2D eigenvalue weighted by Gasteiger charge is -2.06. The molecule has 0 saturated heterocycles. The van der Waals surface area contributed by atoms with Gasteiger partial charge in [0, 0.05) is 11.9 Å². The predicted octanol–water partition coefficient (Wildman–Crippen LogP) is 2.52. The lowest BCUT2D eigenvalue weighted by atomic mass is 10.2. The van der Waals surface area contributed by atoms with Gasteiger partial charge in [-0.3, -0.25) is 9.78 Å². The van der Waals surface area contributed by atoms with Crippen LogP contribution < -0.4 is 10.2 Å². The predicted molar refractivity (Wildman–Crippen MR) is 83.7 cm³/mol. The van der Waals surface area contributed by atoms with Gasteiger partial charge in [-0.15, -0.1) is 0 Å². The van der Waals surface area contributed by atoms with Crippen LogP contribution in [0.2, 0.25) is 5.02 Å². The topological polar surface area (TPSA) is 83.8 Å². The van der Waals surface area contributed by atoms with Gasteiger partial charge in [-0.1, -0.05) is 11.6 Å². The second-order valence-corrected chi connectivity index (χ2v) is 4.85. The number of hydrogen-bond donors (Lipinski definition) is 2. The number of phenolic OH excluding ortho intramolecular Hbond substituents is 1. The van der Waals surface area contributed by atoms with Gasteiger partial charge in [0.05, 0.1) is 23.9 Å². The maximum Gasteiger partial charge on any atom is 0.272 e. The van der Waals surface area contributed by atoms with Crippen molar-refractivity contribution in [1.82, 2.24) is 10.4 Å². The Balaban J connectivity index is 2.08. The molecule has 7 heteroatoms. The molecule has 22 heavy (non-hydrogen) atoms. The van der Waals surface area contributed by atoms with Crippen LogP contribution in [0, 0.1) is 6.92 Å². The summed E-state index contributed by atoms with van der Waals surface area (Å²) < 4.78 is 4.98. The molecule has 1 aromatic heterocycles. The first-order valence-electron chi connectivity index (χ1n) is 6.34. The van der Waals surface area contributed by atoms with Crippen LogP contribution in [0.25, 0.3) is 0 Å². The molecule has 6 nitrogen and oxygen atoms in total. The number of carbonyl (C=O) groups is 1. The Morgan fingerprint density at radius 3 is 2.86 bits per heavy atom. The lowest BCUT2D eigenvalue weighted by molar-refractivity contribution is 0.0955. The molecule has 0 aliphatic rings. The minimum absolute atomic E-state index is 0.134. The van der Waals surface area contributed by atoms with E-state index < -0.39 is 0 Å². The fraction of sp³-hybridized carbons (Fsp3) is 0.133. The number of pyridine rings is 1. The third kappa shape index (κ3) is 3.73. The van der Waals surface area contributed by atoms with Crippen LogP contribution in [0.1, 0.15) is 21.6 Å². The molecule has 2 N–H and O–H groups in total. The fourth-order valence-electron chi connectivity index (χ4n) is 1.66. The zero-order chi connectivity index (χ0) is 16.1. The quantitative estimate of drug-likeness (QED) is 0.670. The van der Waals surface area contributed by atoms with Crippen LogP contribution in [0.15, 0.2) is 35.6 Å². The number of carbonyl (C=O) groups excluding carboxylic acids is 1. The van der Waals surface area contributed by atoms with E-state index in [1.807, 2.05) is 6.92 Å². The Morgan fingerprint density at radius 1 is 1.45 bits per heavy atom. The summed E-state index contributed by atoms with van der Waals surface area (Å²) in [4.78, 5) is 15.9. The number of rotatable bonds is 4. The van der Waals surface area contributed by atoms with Crippen molar-refractivity contribution in [2.24, 2.45) is 5.10 Å². The second-order valence-electron chi connectivity index (χ2n) is 4.44. The second kappa shape index (κ2) is 6.91. The SMILES string of the molecule is COc1cc(C=NNC(=O)c2ccc(C)nc2)cc(Cl)c1O. The number of benzene rings is 1. The Kier molecular flexibility index (Phi) is 4.95. The van der Waals surface area contributed by atoms with Crippen LogP contribution in [0.5, 0.6) is 11.5 Å². The van der Waals surface area contributed by atoms with Crippen molar-refractivity contribution in [3.05, 3.63) is 52.3 Å². The molecule has 1 heterocycles. The van der Waals surface area contributed by atoms with Crippen molar-refractivity contribution < 1.29 is 14.6 Å². The number of amides is 1. The van der Waals surface area contributed by atoms with Crippen molar-refractivity contribution in [3.63, 3.8) is 0 Å². The van der Waals surface area contributed by atoms with E-state index in [2.05, 4.69) is 15.5 Å². The van der Waals surface area contributed by atoms with E-state index in [1.165, 1.54) is 25.6 Å². The summed E-state index contributed by atoms with van der Waals surface area (Å²) in [6, 6.07) is 6.45. The molecule has 114 valence electrons. The molecule has 1 amide bonds. The first kappa shape index (κ1) is 15.8. The maximum atomic E-state index is 11.8. The smallest absolute Gasteiger partial charge is 0.272 e. The lowest BCUT2D eigenvalue weighted by Crippen LogP contribution is -2.17. The highest BCUT2D eigenvalue weighted by Gasteiger charge is 2.08. The van der Waals surface area contributed by atoms with Crippen molar-refractivity contribution in [2.75, 3.05) is 7.11 Å². The molecule has 0 spiro atoms. The molecular weight excluding hydrogens is 306 g/mol. The van der Waals surface area contributed by atoms with Gasteiger partial charge in [0.1, 0.15) is 0 Å². The van der Waals surface area contributed by atoms with Gasteiger partial charge >= 0.3 is 0 Å². The number of hydrazone groups is 1. The first-order valence-corrected chi connectivity index (χ1v) is 6.71. The molecular formula is C15H14ClN3O3. The van der Waals surface area contributed by atoms with E-state index in [-0.39, 0.29) is 22.4 Å². The number of nitrogens with zero attached hydrogens (tertiary/aromatic N) is 2. The average Bonchev–Trinajstić information content (AvgIpc) is 2.51. The maximum absolute atomic E-state index is 11.8. The molecule has 0 radical (unpaired) electrons. The van der Waals surface area contributed by atoms with E-state index in [1.54, 1.807) is 18.2 Å². The van der Waals surface area contributed by atoms with Crippen LogP contribution >= 0.6 is 11.6 Å². The summed E-state index contributed by atoms with van der Waals surface area (Å²) in [7, 11) is 1.42. The number of ether oxygens (including phenoxy) is 1. The molecule has 0 atom stereocenters. The van der Waals surface area contributed by atoms with Crippen molar-refractivity contribution in [3.8, 4) is 11.5 Å². The Labute approximate surface area is 132 Å². The standard InChI is InChI=1S/C15H14ClN3O3/c1-9-3-4-11(8-17-9)15(21)19-18-7-10-5-12(16)14(20)13(6-10)22-2/h3-8,20H,1-2H3,(H,19,21). The van der Waals surface area contributed by atoms with Crippen LogP contribution in [0.4, 0.5) is 0 Å². The summed E-state index contributed by atoms with van der Waals surface area (Å²) in [5.74, 6) is -0.292. The van der Waals surface area contributed by atoms with Gasteiger partial charge in [0.2, 0.25) is 0 Å². The Morgan fingerprint density at radius 2 is 2.23 bits per heavy atom. The summed E-state index contributed by atoms with van der Waals surface area (Å²) in [5, 5.41) is 13.6. The number of methoxy groups -OCH3 is 1. The van der Waals surface area contributed by atoms with Crippen molar-refractivity contribution >= 4 is 23.7 Å². The molecule has 1 aromatic carbocycles. The van der Waals surface area contributed by atoms with Gasteiger partial charge in [-0.25, -0.2) is 5.43 Å². The normalized spacial score (nSPS) is 10.7. The summed E-state index contributed by atoms with van der Waals surface area (Å²) in [6.07, 6.45) is 2.87. The van der Waals surface area contributed by atoms with Gasteiger partial charge < -0.3 is 9.84 Å². The van der Waals surface area contributed by atoms with E-state index in [0.29, 0.717) is 11.1 Å². The van der Waals surface area contributed by atoms with E-state index in [4.69, 9.17) is 16.3 Å². The van der Waals surface area contributed by atoms with E-state index in [0.717, 1.165) is 5.69 Å². The van der Waals surface area contributed by atoms with Crippen molar-refractivity contribution in [2.45, 2.75) is 6.92 Å². The third-order valence-electron chi connectivity index (χ3n) is 2.82. The number of nitrogens with one attached hydrogen (secondary N) is 1. The summed E-state index contributed by atoms with van der Waals surface area (Å²) in [6.45, 7) is 1.84. The van der Waals surface area contributed by atoms with Gasteiger partial charge in [0.15, 0.2) is 11.5 Å². The highest BCUT2D eigenvalue weighted by molar-refractivity contribution is 6.32. The zero-order valence-corrected chi connectivity index (χ0v) is 12.8. The zero-order valence-electron chi connectivity index (χ0n) is 12.0. The van der Waals surface area contributed by atoms with E-state index in [9.17, 15) is 9.90 Å². The monoisotopic (exact) mass is 319 g/mol. The fourth-order valence-corrected chi connectivity index (χ4v) is 1.88. The number of halogens is 1. The first-order chi connectivity index (χ1) is 10.5. The minimum atomic E-state index is -0.374.